The minimum absolute atomic E-state index is 0.704. The van der Waals surface area contributed by atoms with Crippen LogP contribution < -0.4 is 5.32 Å². The van der Waals surface area contributed by atoms with Gasteiger partial charge in [-0.1, -0.05) is 26.0 Å². The van der Waals surface area contributed by atoms with Gasteiger partial charge in [-0.05, 0) is 30.0 Å². The van der Waals surface area contributed by atoms with Crippen LogP contribution in [0.5, 0.6) is 0 Å². The van der Waals surface area contributed by atoms with Crippen LogP contribution in [0, 0.1) is 17.2 Å². The van der Waals surface area contributed by atoms with Gasteiger partial charge in [0.1, 0.15) is 0 Å². The van der Waals surface area contributed by atoms with E-state index in [1.54, 1.807) is 0 Å². The predicted molar refractivity (Wildman–Crippen MR) is 73.1 cm³/mol. The molecule has 98 valence electrons. The van der Waals surface area contributed by atoms with E-state index in [1.807, 2.05) is 24.3 Å². The Morgan fingerprint density at radius 3 is 2.56 bits per heavy atom. The van der Waals surface area contributed by atoms with Crippen LogP contribution in [0.3, 0.4) is 0 Å². The normalized spacial score (nSPS) is 10.6. The van der Waals surface area contributed by atoms with Crippen LogP contribution in [0.15, 0.2) is 24.3 Å². The minimum Gasteiger partial charge on any atom is -0.380 e. The van der Waals surface area contributed by atoms with Crippen LogP contribution in [0.2, 0.25) is 0 Å². The van der Waals surface area contributed by atoms with Crippen LogP contribution in [-0.4, -0.2) is 19.8 Å². The molecule has 1 aromatic rings. The van der Waals surface area contributed by atoms with Crippen molar-refractivity contribution in [2.75, 3.05) is 19.8 Å². The second-order valence-corrected chi connectivity index (χ2v) is 4.78. The molecule has 18 heavy (non-hydrogen) atoms. The van der Waals surface area contributed by atoms with Gasteiger partial charge in [-0.2, -0.15) is 5.26 Å². The van der Waals surface area contributed by atoms with E-state index in [1.165, 1.54) is 5.56 Å². The van der Waals surface area contributed by atoms with E-state index >= 15 is 0 Å². The highest BCUT2D eigenvalue weighted by Crippen LogP contribution is 2.02. The first-order valence-electron chi connectivity index (χ1n) is 6.50. The minimum atomic E-state index is 0.704. The third-order valence-electron chi connectivity index (χ3n) is 2.67. The number of nitrogens with one attached hydrogen (secondary N) is 1. The van der Waals surface area contributed by atoms with Gasteiger partial charge in [-0.25, -0.2) is 0 Å². The molecule has 0 radical (unpaired) electrons. The summed E-state index contributed by atoms with van der Waals surface area (Å²) in [6.45, 7) is 7.68. The van der Waals surface area contributed by atoms with E-state index in [2.05, 4.69) is 25.2 Å². The van der Waals surface area contributed by atoms with Gasteiger partial charge in [-0.3, -0.25) is 0 Å². The van der Waals surface area contributed by atoms with Crippen molar-refractivity contribution >= 4 is 0 Å². The fraction of sp³-hybridized carbons (Fsp3) is 0.533. The average Bonchev–Trinajstić information content (AvgIpc) is 2.38. The van der Waals surface area contributed by atoms with E-state index in [-0.39, 0.29) is 0 Å². The fourth-order valence-corrected chi connectivity index (χ4v) is 1.50. The highest BCUT2D eigenvalue weighted by molar-refractivity contribution is 5.31. The molecule has 1 aromatic carbocycles. The second-order valence-electron chi connectivity index (χ2n) is 4.78. The molecule has 0 aliphatic carbocycles. The van der Waals surface area contributed by atoms with Crippen LogP contribution in [0.4, 0.5) is 0 Å². The molecule has 1 N–H and O–H groups in total. The number of nitriles is 1. The zero-order chi connectivity index (χ0) is 13.2. The lowest BCUT2D eigenvalue weighted by Gasteiger charge is -2.07. The summed E-state index contributed by atoms with van der Waals surface area (Å²) in [7, 11) is 0. The quantitative estimate of drug-likeness (QED) is 0.717. The van der Waals surface area contributed by atoms with Gasteiger partial charge >= 0.3 is 0 Å². The average molecular weight is 246 g/mol. The monoisotopic (exact) mass is 246 g/mol. The van der Waals surface area contributed by atoms with Crippen LogP contribution >= 0.6 is 0 Å². The van der Waals surface area contributed by atoms with Gasteiger partial charge < -0.3 is 10.1 Å². The van der Waals surface area contributed by atoms with Crippen molar-refractivity contribution < 1.29 is 4.74 Å². The molecule has 0 fully saturated rings. The number of rotatable bonds is 8. The Morgan fingerprint density at radius 1 is 1.22 bits per heavy atom. The summed E-state index contributed by atoms with van der Waals surface area (Å²) in [5, 5.41) is 12.0. The van der Waals surface area contributed by atoms with E-state index in [0.29, 0.717) is 11.5 Å². The lowest BCUT2D eigenvalue weighted by molar-refractivity contribution is 0.125. The largest absolute Gasteiger partial charge is 0.380 e. The molecular weight excluding hydrogens is 224 g/mol. The number of nitrogens with zero attached hydrogens (tertiary/aromatic N) is 1. The second kappa shape index (κ2) is 8.68. The molecule has 0 unspecified atom stereocenters. The Hall–Kier alpha value is -1.37. The van der Waals surface area contributed by atoms with Gasteiger partial charge in [0.15, 0.2) is 0 Å². The maximum Gasteiger partial charge on any atom is 0.0991 e. The summed E-state index contributed by atoms with van der Waals surface area (Å²) >= 11 is 0. The number of benzene rings is 1. The summed E-state index contributed by atoms with van der Waals surface area (Å²) in [6.07, 6.45) is 1.12. The molecule has 0 spiro atoms. The summed E-state index contributed by atoms with van der Waals surface area (Å²) in [6, 6.07) is 9.75. The zero-order valence-corrected chi connectivity index (χ0v) is 11.3. The van der Waals surface area contributed by atoms with Gasteiger partial charge in [-0.15, -0.1) is 0 Å². The van der Waals surface area contributed by atoms with E-state index in [4.69, 9.17) is 10.00 Å². The van der Waals surface area contributed by atoms with Crippen molar-refractivity contribution in [2.24, 2.45) is 5.92 Å². The molecule has 0 aromatic heterocycles. The first kappa shape index (κ1) is 14.7. The SMILES string of the molecule is CC(C)CCOCCNCc1ccc(C#N)cc1. The Bertz CT molecular complexity index is 365. The number of hydrogen-bond donors (Lipinski definition) is 1. The Kier molecular flexibility index (Phi) is 7.09. The lowest BCUT2D eigenvalue weighted by atomic mass is 10.1. The Balaban J connectivity index is 2.05. The smallest absolute Gasteiger partial charge is 0.0991 e. The van der Waals surface area contributed by atoms with E-state index in [9.17, 15) is 0 Å². The fourth-order valence-electron chi connectivity index (χ4n) is 1.50. The summed E-state index contributed by atoms with van der Waals surface area (Å²) in [5.74, 6) is 0.705. The molecule has 3 nitrogen and oxygen atoms in total. The molecule has 1 rings (SSSR count). The van der Waals surface area contributed by atoms with Crippen molar-refractivity contribution in [1.82, 2.24) is 5.32 Å². The molecule has 0 atom stereocenters. The standard InChI is InChI=1S/C15H22N2O/c1-13(2)7-9-18-10-8-17-12-15-5-3-14(11-16)4-6-15/h3-6,13,17H,7-10,12H2,1-2H3. The first-order chi connectivity index (χ1) is 8.72. The summed E-state index contributed by atoms with van der Waals surface area (Å²) in [5.41, 5.74) is 1.90. The summed E-state index contributed by atoms with van der Waals surface area (Å²) < 4.78 is 5.51. The highest BCUT2D eigenvalue weighted by Gasteiger charge is 1.95. The van der Waals surface area contributed by atoms with Crippen molar-refractivity contribution in [3.63, 3.8) is 0 Å². The molecule has 0 saturated heterocycles. The van der Waals surface area contributed by atoms with Crippen molar-refractivity contribution in [2.45, 2.75) is 26.8 Å². The van der Waals surface area contributed by atoms with Crippen molar-refractivity contribution in [1.29, 1.82) is 5.26 Å². The molecule has 0 aliphatic rings. The lowest BCUT2D eigenvalue weighted by Crippen LogP contribution is -2.19. The molecular formula is C15H22N2O. The zero-order valence-electron chi connectivity index (χ0n) is 11.3. The molecule has 3 heteroatoms. The maximum absolute atomic E-state index is 8.68. The molecule has 0 heterocycles. The first-order valence-corrected chi connectivity index (χ1v) is 6.50. The molecule has 0 amide bonds. The Morgan fingerprint density at radius 2 is 1.94 bits per heavy atom. The molecule has 0 saturated carbocycles. The Labute approximate surface area is 110 Å². The molecule has 0 aliphatic heterocycles. The van der Waals surface area contributed by atoms with Crippen LogP contribution in [0.1, 0.15) is 31.4 Å². The van der Waals surface area contributed by atoms with Gasteiger partial charge in [0.25, 0.3) is 0 Å². The third kappa shape index (κ3) is 6.39. The van der Waals surface area contributed by atoms with Crippen molar-refractivity contribution in [3.05, 3.63) is 35.4 Å². The predicted octanol–water partition coefficient (Wildman–Crippen LogP) is 2.71. The number of ether oxygens (including phenoxy) is 1. The third-order valence-corrected chi connectivity index (χ3v) is 2.67. The highest BCUT2D eigenvalue weighted by atomic mass is 16.5. The van der Waals surface area contributed by atoms with Gasteiger partial charge in [0, 0.05) is 19.7 Å². The molecule has 0 bridgehead atoms. The summed E-state index contributed by atoms with van der Waals surface area (Å²) in [4.78, 5) is 0. The van der Waals surface area contributed by atoms with Crippen LogP contribution in [-0.2, 0) is 11.3 Å². The topological polar surface area (TPSA) is 45.0 Å². The maximum atomic E-state index is 8.68. The number of hydrogen-bond acceptors (Lipinski definition) is 3. The van der Waals surface area contributed by atoms with E-state index in [0.717, 1.165) is 32.7 Å². The van der Waals surface area contributed by atoms with Gasteiger partial charge in [0.05, 0.1) is 18.2 Å². The van der Waals surface area contributed by atoms with Gasteiger partial charge in [0.2, 0.25) is 0 Å². The van der Waals surface area contributed by atoms with Crippen molar-refractivity contribution in [3.8, 4) is 6.07 Å². The van der Waals surface area contributed by atoms with E-state index < -0.39 is 0 Å². The van der Waals surface area contributed by atoms with Crippen LogP contribution in [0.25, 0.3) is 0 Å².